The van der Waals surface area contributed by atoms with Crippen LogP contribution < -0.4 is 5.32 Å². The maximum Gasteiger partial charge on any atom is 0.217 e. The highest BCUT2D eigenvalue weighted by Crippen LogP contribution is 2.47. The van der Waals surface area contributed by atoms with E-state index in [0.717, 1.165) is 25.7 Å². The molecule has 6 rings (SSSR count). The highest BCUT2D eigenvalue weighted by Gasteiger charge is 2.32. The molecule has 2 nitrogen and oxygen atoms in total. The van der Waals surface area contributed by atoms with Crippen molar-refractivity contribution in [3.05, 3.63) is 137 Å². The number of hydrogen-bond donors (Lipinski definition) is 1. The van der Waals surface area contributed by atoms with Crippen LogP contribution in [-0.2, 0) is 11.2 Å². The molecule has 0 heterocycles. The second-order valence-corrected chi connectivity index (χ2v) is 13.3. The molecule has 0 spiro atoms. The van der Waals surface area contributed by atoms with E-state index in [1.807, 2.05) is 0 Å². The van der Waals surface area contributed by atoms with E-state index < -0.39 is 0 Å². The number of fused-ring (bicyclic) bond motifs is 2. The van der Waals surface area contributed by atoms with Crippen molar-refractivity contribution in [1.29, 1.82) is 0 Å². The molecule has 0 fully saturated rings. The van der Waals surface area contributed by atoms with Crippen LogP contribution in [-0.4, -0.2) is 5.91 Å². The van der Waals surface area contributed by atoms with Gasteiger partial charge in [-0.05, 0) is 140 Å². The van der Waals surface area contributed by atoms with Gasteiger partial charge >= 0.3 is 0 Å². The van der Waals surface area contributed by atoms with E-state index >= 15 is 0 Å². The summed E-state index contributed by atoms with van der Waals surface area (Å²) in [6.45, 7) is 1.63. The summed E-state index contributed by atoms with van der Waals surface area (Å²) in [7, 11) is 0. The number of halogens is 2. The first kappa shape index (κ1) is 26.1. The average Bonchev–Trinajstić information content (AvgIpc) is 2.92. The minimum atomic E-state index is 0.0435. The zero-order chi connectivity index (χ0) is 26.2. The lowest BCUT2D eigenvalue weighted by molar-refractivity contribution is -0.119. The van der Waals surface area contributed by atoms with Crippen LogP contribution in [0, 0.1) is 7.14 Å². The number of carbonyl (C=O) groups is 1. The summed E-state index contributed by atoms with van der Waals surface area (Å²) in [5, 5.41) is 3.23. The molecule has 0 bridgehead atoms. The first-order valence-corrected chi connectivity index (χ1v) is 15.6. The van der Waals surface area contributed by atoms with Crippen LogP contribution in [0.25, 0.3) is 0 Å². The Morgan fingerprint density at radius 1 is 0.711 bits per heavy atom. The molecule has 4 atom stereocenters. The first-order chi connectivity index (χ1) is 18.5. The highest BCUT2D eigenvalue weighted by molar-refractivity contribution is 14.1. The van der Waals surface area contributed by atoms with Gasteiger partial charge in [0.1, 0.15) is 0 Å². The van der Waals surface area contributed by atoms with Gasteiger partial charge in [-0.15, -0.1) is 0 Å². The van der Waals surface area contributed by atoms with E-state index in [9.17, 15) is 4.79 Å². The second kappa shape index (κ2) is 11.1. The maximum atomic E-state index is 12.0. The van der Waals surface area contributed by atoms with Gasteiger partial charge in [-0.3, -0.25) is 4.79 Å². The standard InChI is InChI=1S/C34H31I2NO/c1-21(38)37-34-15-14-30(24-7-4-9-27(35)17-24)33-19-22(12-13-31(33)34)26-16-23-6-2-3-11-29(23)32(20-26)25-8-5-10-28(36)18-25/h2-13,17-19,26,30,32,34H,14-16,20H2,1H3,(H,37,38)/t26?,30-,32?,34?/m1/s1. The summed E-state index contributed by atoms with van der Waals surface area (Å²) in [6, 6.07) is 34.2. The SMILES string of the molecule is CC(=O)NC1CC[C@H](c2cccc(I)c2)c2cc(C3Cc4ccccc4C(c4cccc(I)c4)C3)ccc21. The van der Waals surface area contributed by atoms with Crippen molar-refractivity contribution in [2.24, 2.45) is 0 Å². The van der Waals surface area contributed by atoms with Gasteiger partial charge in [-0.1, -0.05) is 66.7 Å². The molecule has 192 valence electrons. The third kappa shape index (κ3) is 5.31. The van der Waals surface area contributed by atoms with E-state index in [1.165, 1.54) is 46.1 Å². The quantitative estimate of drug-likeness (QED) is 0.210. The van der Waals surface area contributed by atoms with Gasteiger partial charge in [-0.2, -0.15) is 0 Å². The fourth-order valence-electron chi connectivity index (χ4n) is 6.69. The van der Waals surface area contributed by atoms with Crippen LogP contribution >= 0.6 is 45.2 Å². The van der Waals surface area contributed by atoms with Crippen molar-refractivity contribution in [3.63, 3.8) is 0 Å². The van der Waals surface area contributed by atoms with Gasteiger partial charge in [0.15, 0.2) is 0 Å². The van der Waals surface area contributed by atoms with E-state index in [-0.39, 0.29) is 11.9 Å². The lowest BCUT2D eigenvalue weighted by atomic mass is 9.70. The van der Waals surface area contributed by atoms with Crippen LogP contribution in [0.1, 0.15) is 88.9 Å². The molecule has 0 saturated heterocycles. The van der Waals surface area contributed by atoms with Crippen LogP contribution in [0.2, 0.25) is 0 Å². The molecule has 4 aromatic rings. The molecule has 4 heteroatoms. The van der Waals surface area contributed by atoms with E-state index in [4.69, 9.17) is 0 Å². The molecule has 0 saturated carbocycles. The maximum absolute atomic E-state index is 12.0. The van der Waals surface area contributed by atoms with E-state index in [2.05, 4.69) is 141 Å². The van der Waals surface area contributed by atoms with Gasteiger partial charge in [0.25, 0.3) is 0 Å². The molecule has 38 heavy (non-hydrogen) atoms. The zero-order valence-electron chi connectivity index (χ0n) is 21.5. The monoisotopic (exact) mass is 723 g/mol. The first-order valence-electron chi connectivity index (χ1n) is 13.5. The number of hydrogen-bond acceptors (Lipinski definition) is 1. The predicted molar refractivity (Wildman–Crippen MR) is 172 cm³/mol. The average molecular weight is 723 g/mol. The predicted octanol–water partition coefficient (Wildman–Crippen LogP) is 8.86. The van der Waals surface area contributed by atoms with E-state index in [1.54, 1.807) is 6.92 Å². The third-order valence-corrected chi connectivity index (χ3v) is 9.72. The fraction of sp³-hybridized carbons (Fsp3) is 0.265. The minimum absolute atomic E-state index is 0.0435. The Bertz CT molecular complexity index is 1500. The summed E-state index contributed by atoms with van der Waals surface area (Å²) >= 11 is 4.85. The number of rotatable bonds is 4. The number of nitrogens with one attached hydrogen (secondary N) is 1. The molecule has 2 aliphatic carbocycles. The minimum Gasteiger partial charge on any atom is -0.350 e. The summed E-state index contributed by atoms with van der Waals surface area (Å²) < 4.78 is 2.56. The normalized spacial score (nSPS) is 22.3. The lowest BCUT2D eigenvalue weighted by Gasteiger charge is -2.35. The largest absolute Gasteiger partial charge is 0.350 e. The second-order valence-electron chi connectivity index (χ2n) is 10.8. The third-order valence-electron chi connectivity index (χ3n) is 8.37. The van der Waals surface area contributed by atoms with Crippen molar-refractivity contribution in [3.8, 4) is 0 Å². The summed E-state index contributed by atoms with van der Waals surface area (Å²) in [5.74, 6) is 1.25. The molecular formula is C34H31I2NO. The van der Waals surface area contributed by atoms with Crippen molar-refractivity contribution >= 4 is 51.1 Å². The van der Waals surface area contributed by atoms with Crippen molar-refractivity contribution < 1.29 is 4.79 Å². The van der Waals surface area contributed by atoms with Crippen molar-refractivity contribution in [2.75, 3.05) is 0 Å². The van der Waals surface area contributed by atoms with Crippen molar-refractivity contribution in [1.82, 2.24) is 5.32 Å². The summed E-state index contributed by atoms with van der Waals surface area (Å²) in [6.07, 6.45) is 4.19. The van der Waals surface area contributed by atoms with Gasteiger partial charge in [-0.25, -0.2) is 0 Å². The Morgan fingerprint density at radius 3 is 2.13 bits per heavy atom. The van der Waals surface area contributed by atoms with Crippen LogP contribution in [0.15, 0.2) is 91.0 Å². The molecule has 0 radical (unpaired) electrons. The Hall–Kier alpha value is -2.19. The van der Waals surface area contributed by atoms with Crippen LogP contribution in [0.3, 0.4) is 0 Å². The Morgan fingerprint density at radius 2 is 1.42 bits per heavy atom. The fourth-order valence-corrected chi connectivity index (χ4v) is 7.82. The molecule has 3 unspecified atom stereocenters. The molecule has 0 aromatic heterocycles. The molecule has 4 aromatic carbocycles. The number of amides is 1. The van der Waals surface area contributed by atoms with Gasteiger partial charge < -0.3 is 5.32 Å². The molecule has 1 N–H and O–H groups in total. The Kier molecular flexibility index (Phi) is 7.63. The Balaban J connectivity index is 1.42. The van der Waals surface area contributed by atoms with Crippen LogP contribution in [0.4, 0.5) is 0 Å². The van der Waals surface area contributed by atoms with Crippen molar-refractivity contribution in [2.45, 2.75) is 56.4 Å². The Labute approximate surface area is 252 Å². The summed E-state index contributed by atoms with van der Waals surface area (Å²) in [5.41, 5.74) is 9.83. The lowest BCUT2D eigenvalue weighted by Crippen LogP contribution is -2.30. The smallest absolute Gasteiger partial charge is 0.217 e. The molecule has 1 amide bonds. The number of benzene rings is 4. The molecular weight excluding hydrogens is 692 g/mol. The highest BCUT2D eigenvalue weighted by atomic mass is 127. The molecule has 0 aliphatic heterocycles. The van der Waals surface area contributed by atoms with Crippen LogP contribution in [0.5, 0.6) is 0 Å². The number of carbonyl (C=O) groups excluding carboxylic acids is 1. The van der Waals surface area contributed by atoms with Gasteiger partial charge in [0, 0.05) is 25.9 Å². The zero-order valence-corrected chi connectivity index (χ0v) is 25.8. The summed E-state index contributed by atoms with van der Waals surface area (Å²) in [4.78, 5) is 12.0. The molecule has 2 aliphatic rings. The van der Waals surface area contributed by atoms with Gasteiger partial charge in [0.2, 0.25) is 5.91 Å². The topological polar surface area (TPSA) is 29.1 Å². The van der Waals surface area contributed by atoms with Gasteiger partial charge in [0.05, 0.1) is 6.04 Å². The van der Waals surface area contributed by atoms with E-state index in [0.29, 0.717) is 17.8 Å².